The summed E-state index contributed by atoms with van der Waals surface area (Å²) >= 11 is 19.7. The third kappa shape index (κ3) is 8.51. The van der Waals surface area contributed by atoms with Crippen molar-refractivity contribution in [1.82, 2.24) is 10.2 Å². The molecule has 1 atom stereocenters. The summed E-state index contributed by atoms with van der Waals surface area (Å²) in [6.45, 7) is 6.83. The molecule has 2 amide bonds. The molecule has 0 fully saturated rings. The van der Waals surface area contributed by atoms with Crippen molar-refractivity contribution in [3.63, 3.8) is 0 Å². The summed E-state index contributed by atoms with van der Waals surface area (Å²) in [5.41, 5.74) is 1.91. The molecule has 0 radical (unpaired) electrons. The second-order valence-electron chi connectivity index (χ2n) is 7.95. The molecule has 2 aromatic rings. The van der Waals surface area contributed by atoms with Gasteiger partial charge in [0.1, 0.15) is 6.04 Å². The summed E-state index contributed by atoms with van der Waals surface area (Å²) in [5.74, 6) is 1.03. The van der Waals surface area contributed by atoms with Gasteiger partial charge in [0.2, 0.25) is 11.8 Å². The summed E-state index contributed by atoms with van der Waals surface area (Å²) in [5, 5.41) is 4.52. The number of rotatable bonds is 11. The van der Waals surface area contributed by atoms with Crippen LogP contribution in [0.3, 0.4) is 0 Å². The molecule has 2 rings (SSSR count). The minimum Gasteiger partial charge on any atom is -0.354 e. The summed E-state index contributed by atoms with van der Waals surface area (Å²) in [4.78, 5) is 27.8. The maximum absolute atomic E-state index is 13.2. The standard InChI is InChI=1S/C24H29Cl3N2O2S/c1-4-22(24(31)28-12-16(2)3)29(13-18-7-10-20(26)21(27)11-18)23(30)15-32-14-17-5-8-19(25)9-6-17/h5-11,16,22H,4,12-15H2,1-3H3,(H,28,31)/t22-/m1/s1. The van der Waals surface area contributed by atoms with E-state index < -0.39 is 6.04 Å². The van der Waals surface area contributed by atoms with Crippen molar-refractivity contribution in [2.75, 3.05) is 12.3 Å². The second-order valence-corrected chi connectivity index (χ2v) is 10.2. The van der Waals surface area contributed by atoms with Crippen LogP contribution in [0, 0.1) is 5.92 Å². The van der Waals surface area contributed by atoms with Crippen LogP contribution in [0.4, 0.5) is 0 Å². The predicted molar refractivity (Wildman–Crippen MR) is 137 cm³/mol. The van der Waals surface area contributed by atoms with Gasteiger partial charge in [-0.2, -0.15) is 0 Å². The lowest BCUT2D eigenvalue weighted by Crippen LogP contribution is -2.50. The molecule has 0 aromatic heterocycles. The van der Waals surface area contributed by atoms with Crippen LogP contribution in [0.2, 0.25) is 15.1 Å². The molecule has 0 aliphatic rings. The molecule has 2 aromatic carbocycles. The highest BCUT2D eigenvalue weighted by atomic mass is 35.5. The van der Waals surface area contributed by atoms with Crippen molar-refractivity contribution in [3.8, 4) is 0 Å². The van der Waals surface area contributed by atoms with E-state index in [1.54, 1.807) is 17.0 Å². The molecule has 0 aliphatic carbocycles. The third-order valence-corrected chi connectivity index (χ3v) is 6.79. The Bertz CT molecular complexity index is 907. The van der Waals surface area contributed by atoms with E-state index in [-0.39, 0.29) is 24.1 Å². The summed E-state index contributed by atoms with van der Waals surface area (Å²) in [6.07, 6.45) is 0.513. The highest BCUT2D eigenvalue weighted by Crippen LogP contribution is 2.25. The Morgan fingerprint density at radius 2 is 1.66 bits per heavy atom. The topological polar surface area (TPSA) is 49.4 Å². The first-order valence-electron chi connectivity index (χ1n) is 10.5. The largest absolute Gasteiger partial charge is 0.354 e. The Kier molecular flexibility index (Phi) is 11.2. The molecule has 0 saturated heterocycles. The normalized spacial score (nSPS) is 12.0. The van der Waals surface area contributed by atoms with Gasteiger partial charge < -0.3 is 10.2 Å². The van der Waals surface area contributed by atoms with Gasteiger partial charge in [-0.15, -0.1) is 11.8 Å². The van der Waals surface area contributed by atoms with Gasteiger partial charge in [0.25, 0.3) is 0 Å². The first-order chi connectivity index (χ1) is 15.2. The lowest BCUT2D eigenvalue weighted by molar-refractivity contribution is -0.139. The Balaban J connectivity index is 2.14. The van der Waals surface area contributed by atoms with Crippen LogP contribution in [0.15, 0.2) is 42.5 Å². The molecule has 0 bridgehead atoms. The lowest BCUT2D eigenvalue weighted by Gasteiger charge is -2.31. The molecule has 0 saturated carbocycles. The van der Waals surface area contributed by atoms with Crippen LogP contribution in [0.5, 0.6) is 0 Å². The van der Waals surface area contributed by atoms with E-state index in [1.165, 1.54) is 11.8 Å². The van der Waals surface area contributed by atoms with Crippen LogP contribution < -0.4 is 5.32 Å². The average Bonchev–Trinajstić information content (AvgIpc) is 2.75. The van der Waals surface area contributed by atoms with Crippen LogP contribution in [0.25, 0.3) is 0 Å². The molecule has 0 unspecified atom stereocenters. The van der Waals surface area contributed by atoms with E-state index in [0.717, 1.165) is 11.1 Å². The van der Waals surface area contributed by atoms with Crippen molar-refractivity contribution in [2.24, 2.45) is 5.92 Å². The smallest absolute Gasteiger partial charge is 0.242 e. The van der Waals surface area contributed by atoms with E-state index in [0.29, 0.717) is 39.7 Å². The fourth-order valence-electron chi connectivity index (χ4n) is 3.10. The Morgan fingerprint density at radius 1 is 1.00 bits per heavy atom. The zero-order valence-corrected chi connectivity index (χ0v) is 21.6. The van der Waals surface area contributed by atoms with Gasteiger partial charge in [0.05, 0.1) is 15.8 Å². The lowest BCUT2D eigenvalue weighted by atomic mass is 10.1. The van der Waals surface area contributed by atoms with Gasteiger partial charge in [0.15, 0.2) is 0 Å². The summed E-state index contributed by atoms with van der Waals surface area (Å²) in [7, 11) is 0. The number of hydrogen-bond acceptors (Lipinski definition) is 3. The zero-order valence-electron chi connectivity index (χ0n) is 18.5. The van der Waals surface area contributed by atoms with Gasteiger partial charge in [0, 0.05) is 23.9 Å². The molecule has 32 heavy (non-hydrogen) atoms. The number of carbonyl (C=O) groups excluding carboxylic acids is 2. The summed E-state index contributed by atoms with van der Waals surface area (Å²) < 4.78 is 0. The molecule has 174 valence electrons. The molecule has 0 heterocycles. The van der Waals surface area contributed by atoms with Crippen LogP contribution in [-0.2, 0) is 21.9 Å². The maximum Gasteiger partial charge on any atom is 0.242 e. The number of halogens is 3. The predicted octanol–water partition coefficient (Wildman–Crippen LogP) is 6.46. The third-order valence-electron chi connectivity index (χ3n) is 4.81. The number of carbonyl (C=O) groups is 2. The number of benzene rings is 2. The van der Waals surface area contributed by atoms with Crippen LogP contribution >= 0.6 is 46.6 Å². The molecule has 4 nitrogen and oxygen atoms in total. The number of hydrogen-bond donors (Lipinski definition) is 1. The monoisotopic (exact) mass is 514 g/mol. The Hall–Kier alpha value is -1.40. The van der Waals surface area contributed by atoms with Gasteiger partial charge in [-0.1, -0.05) is 73.8 Å². The van der Waals surface area contributed by atoms with Gasteiger partial charge in [-0.3, -0.25) is 9.59 Å². The number of amides is 2. The van der Waals surface area contributed by atoms with E-state index in [9.17, 15) is 9.59 Å². The van der Waals surface area contributed by atoms with Crippen molar-refractivity contribution < 1.29 is 9.59 Å². The van der Waals surface area contributed by atoms with E-state index in [1.807, 2.05) is 51.1 Å². The molecular weight excluding hydrogens is 487 g/mol. The van der Waals surface area contributed by atoms with E-state index >= 15 is 0 Å². The Morgan fingerprint density at radius 3 is 2.25 bits per heavy atom. The fraction of sp³-hybridized carbons (Fsp3) is 0.417. The SMILES string of the molecule is CC[C@H](C(=O)NCC(C)C)N(Cc1ccc(Cl)c(Cl)c1)C(=O)CSCc1ccc(Cl)cc1. The average molecular weight is 516 g/mol. The van der Waals surface area contributed by atoms with Gasteiger partial charge in [-0.25, -0.2) is 0 Å². The molecule has 0 aliphatic heterocycles. The maximum atomic E-state index is 13.2. The molecular formula is C24H29Cl3N2O2S. The quantitative estimate of drug-likeness (QED) is 0.373. The molecule has 1 N–H and O–H groups in total. The number of thioether (sulfide) groups is 1. The highest BCUT2D eigenvalue weighted by Gasteiger charge is 2.28. The second kappa shape index (κ2) is 13.3. The first kappa shape index (κ1) is 26.8. The zero-order chi connectivity index (χ0) is 23.7. The van der Waals surface area contributed by atoms with E-state index in [4.69, 9.17) is 34.8 Å². The fourth-order valence-corrected chi connectivity index (χ4v) is 4.41. The molecule has 8 heteroatoms. The van der Waals surface area contributed by atoms with Crippen LogP contribution in [-0.4, -0.2) is 35.1 Å². The van der Waals surface area contributed by atoms with Crippen molar-refractivity contribution in [1.29, 1.82) is 0 Å². The molecule has 0 spiro atoms. The van der Waals surface area contributed by atoms with E-state index in [2.05, 4.69) is 5.32 Å². The van der Waals surface area contributed by atoms with Crippen molar-refractivity contribution >= 4 is 58.4 Å². The highest BCUT2D eigenvalue weighted by molar-refractivity contribution is 7.99. The minimum absolute atomic E-state index is 0.0958. The van der Waals surface area contributed by atoms with Crippen molar-refractivity contribution in [2.45, 2.75) is 45.5 Å². The number of nitrogens with zero attached hydrogens (tertiary/aromatic N) is 1. The Labute approximate surface area is 210 Å². The minimum atomic E-state index is -0.563. The van der Waals surface area contributed by atoms with Crippen LogP contribution in [0.1, 0.15) is 38.3 Å². The number of nitrogens with one attached hydrogen (secondary N) is 1. The van der Waals surface area contributed by atoms with Gasteiger partial charge in [-0.05, 0) is 47.7 Å². The summed E-state index contributed by atoms with van der Waals surface area (Å²) in [6, 6.07) is 12.3. The van der Waals surface area contributed by atoms with Crippen molar-refractivity contribution in [3.05, 3.63) is 68.7 Å². The van der Waals surface area contributed by atoms with Gasteiger partial charge >= 0.3 is 0 Å². The first-order valence-corrected chi connectivity index (χ1v) is 12.8.